The van der Waals surface area contributed by atoms with Crippen molar-refractivity contribution >= 4 is 28.8 Å². The summed E-state index contributed by atoms with van der Waals surface area (Å²) in [5.41, 5.74) is 11.7. The molecule has 16 heavy (non-hydrogen) atoms. The molecule has 0 aromatic carbocycles. The number of carbonyl (C=O) groups is 1. The molecule has 0 atom stereocenters. The Hall–Kier alpha value is -2.38. The number of hydrogen-bond acceptors (Lipinski definition) is 6. The lowest BCUT2D eigenvalue weighted by Crippen LogP contribution is -2.16. The minimum Gasteiger partial charge on any atom is -0.370 e. The number of amides is 1. The Morgan fingerprint density at radius 3 is 3.06 bits per heavy atom. The molecule has 1 amide bonds. The standard InChI is InChI=1S/C8H11N7O/c9-4(16)1-2-11-6-5-7(13-3-12-5)15-8(10)14-6/h3H,1-2H2,(H2,9,16)(H4,10,11,12,13,14,15). The van der Waals surface area contributed by atoms with E-state index in [0.29, 0.717) is 23.5 Å². The summed E-state index contributed by atoms with van der Waals surface area (Å²) in [6, 6.07) is 0. The number of rotatable bonds is 4. The van der Waals surface area contributed by atoms with Gasteiger partial charge in [-0.2, -0.15) is 9.97 Å². The molecule has 2 rings (SSSR count). The van der Waals surface area contributed by atoms with E-state index < -0.39 is 0 Å². The van der Waals surface area contributed by atoms with Gasteiger partial charge in [0.1, 0.15) is 5.52 Å². The maximum Gasteiger partial charge on any atom is 0.224 e. The lowest BCUT2D eigenvalue weighted by atomic mass is 10.4. The van der Waals surface area contributed by atoms with Gasteiger partial charge in [0.15, 0.2) is 11.5 Å². The summed E-state index contributed by atoms with van der Waals surface area (Å²) in [5.74, 6) is 0.262. The molecule has 84 valence electrons. The molecule has 0 radical (unpaired) electrons. The Kier molecular flexibility index (Phi) is 2.54. The molecule has 0 bridgehead atoms. The van der Waals surface area contributed by atoms with Gasteiger partial charge < -0.3 is 21.8 Å². The number of nitrogen functional groups attached to an aromatic ring is 1. The minimum absolute atomic E-state index is 0.126. The van der Waals surface area contributed by atoms with Crippen LogP contribution in [-0.4, -0.2) is 32.4 Å². The van der Waals surface area contributed by atoms with Crippen LogP contribution in [0.5, 0.6) is 0 Å². The van der Waals surface area contributed by atoms with Gasteiger partial charge in [-0.05, 0) is 0 Å². The van der Waals surface area contributed by atoms with Crippen LogP contribution in [0.25, 0.3) is 11.2 Å². The SMILES string of the molecule is NC(=O)CCNc1nc(N)nc2nc[nH]c12. The molecule has 0 saturated carbocycles. The van der Waals surface area contributed by atoms with Crippen molar-refractivity contribution in [3.8, 4) is 0 Å². The second kappa shape index (κ2) is 4.01. The average molecular weight is 221 g/mol. The lowest BCUT2D eigenvalue weighted by Gasteiger charge is -2.05. The molecule has 2 heterocycles. The number of aromatic nitrogens is 4. The summed E-state index contributed by atoms with van der Waals surface area (Å²) in [7, 11) is 0. The van der Waals surface area contributed by atoms with E-state index in [1.165, 1.54) is 6.33 Å². The molecular weight excluding hydrogens is 210 g/mol. The van der Waals surface area contributed by atoms with Crippen LogP contribution in [0.1, 0.15) is 6.42 Å². The maximum atomic E-state index is 10.6. The van der Waals surface area contributed by atoms with Crippen molar-refractivity contribution in [1.82, 2.24) is 19.9 Å². The van der Waals surface area contributed by atoms with E-state index in [9.17, 15) is 4.79 Å². The van der Waals surface area contributed by atoms with Crippen LogP contribution in [0.3, 0.4) is 0 Å². The van der Waals surface area contributed by atoms with E-state index in [-0.39, 0.29) is 18.3 Å². The Labute approximate surface area is 90.5 Å². The summed E-state index contributed by atoms with van der Waals surface area (Å²) in [6.45, 7) is 0.389. The third-order valence-electron chi connectivity index (χ3n) is 1.97. The van der Waals surface area contributed by atoms with Crippen LogP contribution in [0.4, 0.5) is 11.8 Å². The van der Waals surface area contributed by atoms with Crippen molar-refractivity contribution in [2.75, 3.05) is 17.6 Å². The maximum absolute atomic E-state index is 10.6. The minimum atomic E-state index is -0.379. The highest BCUT2D eigenvalue weighted by atomic mass is 16.1. The molecule has 8 nitrogen and oxygen atoms in total. The molecular formula is C8H11N7O. The van der Waals surface area contributed by atoms with Gasteiger partial charge in [0.25, 0.3) is 0 Å². The second-order valence-electron chi connectivity index (χ2n) is 3.17. The summed E-state index contributed by atoms with van der Waals surface area (Å²) in [5, 5.41) is 2.94. The smallest absolute Gasteiger partial charge is 0.224 e. The summed E-state index contributed by atoms with van der Waals surface area (Å²) >= 11 is 0. The zero-order valence-corrected chi connectivity index (χ0v) is 8.40. The van der Waals surface area contributed by atoms with E-state index in [1.54, 1.807) is 0 Å². The van der Waals surface area contributed by atoms with Crippen LogP contribution in [0.2, 0.25) is 0 Å². The number of fused-ring (bicyclic) bond motifs is 1. The fourth-order valence-corrected chi connectivity index (χ4v) is 1.28. The van der Waals surface area contributed by atoms with E-state index in [1.807, 2.05) is 0 Å². The Morgan fingerprint density at radius 1 is 1.50 bits per heavy atom. The number of H-pyrrole nitrogens is 1. The van der Waals surface area contributed by atoms with Crippen molar-refractivity contribution in [2.24, 2.45) is 5.73 Å². The van der Waals surface area contributed by atoms with Crippen LogP contribution in [0.15, 0.2) is 6.33 Å². The molecule has 0 aliphatic heterocycles. The molecule has 0 saturated heterocycles. The van der Waals surface area contributed by atoms with Crippen molar-refractivity contribution in [3.63, 3.8) is 0 Å². The molecule has 2 aromatic rings. The molecule has 0 aliphatic rings. The van der Waals surface area contributed by atoms with Gasteiger partial charge in [0.05, 0.1) is 6.33 Å². The van der Waals surface area contributed by atoms with Crippen LogP contribution < -0.4 is 16.8 Å². The monoisotopic (exact) mass is 221 g/mol. The first-order valence-electron chi connectivity index (χ1n) is 4.65. The molecule has 0 aliphatic carbocycles. The third-order valence-corrected chi connectivity index (χ3v) is 1.97. The van der Waals surface area contributed by atoms with Crippen LogP contribution >= 0.6 is 0 Å². The first kappa shape index (κ1) is 10.1. The summed E-state index contributed by atoms with van der Waals surface area (Å²) in [4.78, 5) is 25.4. The number of imidazole rings is 1. The highest BCUT2D eigenvalue weighted by Crippen LogP contribution is 2.16. The number of hydrogen-bond donors (Lipinski definition) is 4. The van der Waals surface area contributed by atoms with Gasteiger partial charge in [-0.25, -0.2) is 4.98 Å². The Balaban J connectivity index is 2.22. The number of carbonyl (C=O) groups excluding carboxylic acids is 1. The van der Waals surface area contributed by atoms with Crippen molar-refractivity contribution in [2.45, 2.75) is 6.42 Å². The van der Waals surface area contributed by atoms with Crippen LogP contribution in [-0.2, 0) is 4.79 Å². The normalized spacial score (nSPS) is 10.5. The molecule has 0 unspecified atom stereocenters. The van der Waals surface area contributed by atoms with Gasteiger partial charge in [-0.15, -0.1) is 0 Å². The predicted molar refractivity (Wildman–Crippen MR) is 58.4 cm³/mol. The summed E-state index contributed by atoms with van der Waals surface area (Å²) in [6.07, 6.45) is 1.72. The number of nitrogens with one attached hydrogen (secondary N) is 2. The number of nitrogens with two attached hydrogens (primary N) is 2. The zero-order chi connectivity index (χ0) is 11.5. The number of anilines is 2. The summed E-state index contributed by atoms with van der Waals surface area (Å²) < 4.78 is 0. The first-order chi connectivity index (χ1) is 7.66. The fourth-order valence-electron chi connectivity index (χ4n) is 1.28. The van der Waals surface area contributed by atoms with Gasteiger partial charge in [-0.1, -0.05) is 0 Å². The quantitative estimate of drug-likeness (QED) is 0.534. The van der Waals surface area contributed by atoms with Crippen molar-refractivity contribution in [3.05, 3.63) is 6.33 Å². The Morgan fingerprint density at radius 2 is 2.31 bits per heavy atom. The topological polar surface area (TPSA) is 136 Å². The van der Waals surface area contributed by atoms with E-state index in [0.717, 1.165) is 0 Å². The zero-order valence-electron chi connectivity index (χ0n) is 8.40. The lowest BCUT2D eigenvalue weighted by molar-refractivity contribution is -0.117. The number of primary amides is 1. The van der Waals surface area contributed by atoms with Gasteiger partial charge >= 0.3 is 0 Å². The molecule has 0 fully saturated rings. The second-order valence-corrected chi connectivity index (χ2v) is 3.17. The highest BCUT2D eigenvalue weighted by molar-refractivity contribution is 5.83. The fraction of sp³-hybridized carbons (Fsp3) is 0.250. The average Bonchev–Trinajstić information content (AvgIpc) is 2.64. The van der Waals surface area contributed by atoms with Crippen molar-refractivity contribution < 1.29 is 4.79 Å². The van der Waals surface area contributed by atoms with Gasteiger partial charge in [0.2, 0.25) is 11.9 Å². The van der Waals surface area contributed by atoms with E-state index in [4.69, 9.17) is 11.5 Å². The number of aromatic amines is 1. The van der Waals surface area contributed by atoms with Gasteiger partial charge in [-0.3, -0.25) is 4.79 Å². The third kappa shape index (κ3) is 2.00. The molecule has 8 heteroatoms. The molecule has 0 spiro atoms. The highest BCUT2D eigenvalue weighted by Gasteiger charge is 2.07. The number of nitrogens with zero attached hydrogens (tertiary/aromatic N) is 3. The Bertz CT molecular complexity index is 520. The first-order valence-corrected chi connectivity index (χ1v) is 4.65. The predicted octanol–water partition coefficient (Wildman–Crippen LogP) is -0.778. The van der Waals surface area contributed by atoms with E-state index in [2.05, 4.69) is 25.3 Å². The van der Waals surface area contributed by atoms with E-state index >= 15 is 0 Å². The van der Waals surface area contributed by atoms with Crippen molar-refractivity contribution in [1.29, 1.82) is 0 Å². The molecule has 6 N–H and O–H groups in total. The van der Waals surface area contributed by atoms with Gasteiger partial charge in [0, 0.05) is 13.0 Å². The van der Waals surface area contributed by atoms with Crippen LogP contribution in [0, 0.1) is 0 Å². The molecule has 2 aromatic heterocycles. The largest absolute Gasteiger partial charge is 0.370 e.